The maximum Gasteiger partial charge on any atom is 0.318 e. The number of nitriles is 1. The molecule has 1 aliphatic heterocycles. The number of hydrogen-bond donors (Lipinski definition) is 0. The molecule has 2 rings (SSSR count). The van der Waals surface area contributed by atoms with Crippen LogP contribution in [0, 0.1) is 21.4 Å². The highest BCUT2D eigenvalue weighted by molar-refractivity contribution is 7.99. The third-order valence-corrected chi connectivity index (χ3v) is 3.90. The average Bonchev–Trinajstić information content (AvgIpc) is 2.47. The molecule has 1 saturated heterocycles. The van der Waals surface area contributed by atoms with Gasteiger partial charge in [-0.1, -0.05) is 11.8 Å². The zero-order valence-corrected chi connectivity index (χ0v) is 11.6. The summed E-state index contributed by atoms with van der Waals surface area (Å²) in [7, 11) is 0. The molecule has 0 unspecified atom stereocenters. The third kappa shape index (κ3) is 3.66. The molecule has 7 nitrogen and oxygen atoms in total. The fraction of sp³-hybridized carbons (Fsp3) is 0.500. The van der Waals surface area contributed by atoms with Gasteiger partial charge in [-0.3, -0.25) is 15.0 Å². The van der Waals surface area contributed by atoms with Crippen molar-refractivity contribution in [3.8, 4) is 6.07 Å². The van der Waals surface area contributed by atoms with Gasteiger partial charge in [0.1, 0.15) is 11.6 Å². The first-order valence-electron chi connectivity index (χ1n) is 6.19. The lowest BCUT2D eigenvalue weighted by atomic mass is 10.2. The SMILES string of the molecule is N#Cc1ccnc(SCCN2CCOCC2)c1[N+](=O)[O-]. The maximum atomic E-state index is 11.0. The van der Waals surface area contributed by atoms with Crippen LogP contribution in [-0.2, 0) is 4.74 Å². The second-order valence-corrected chi connectivity index (χ2v) is 5.27. The van der Waals surface area contributed by atoms with Crippen molar-refractivity contribution in [2.75, 3.05) is 38.6 Å². The fourth-order valence-electron chi connectivity index (χ4n) is 1.90. The highest BCUT2D eigenvalue weighted by atomic mass is 32.2. The predicted octanol–water partition coefficient (Wildman–Crippen LogP) is 1.29. The van der Waals surface area contributed by atoms with E-state index in [1.165, 1.54) is 24.0 Å². The third-order valence-electron chi connectivity index (χ3n) is 2.94. The van der Waals surface area contributed by atoms with E-state index < -0.39 is 4.92 Å². The molecule has 1 aromatic rings. The minimum absolute atomic E-state index is 0.0545. The molecular weight excluding hydrogens is 280 g/mol. The van der Waals surface area contributed by atoms with Crippen LogP contribution < -0.4 is 0 Å². The number of thioether (sulfide) groups is 1. The molecule has 0 atom stereocenters. The van der Waals surface area contributed by atoms with E-state index >= 15 is 0 Å². The van der Waals surface area contributed by atoms with Gasteiger partial charge in [0.05, 0.1) is 18.1 Å². The number of morpholine rings is 1. The van der Waals surface area contributed by atoms with Crippen molar-refractivity contribution in [1.29, 1.82) is 5.26 Å². The molecule has 2 heterocycles. The van der Waals surface area contributed by atoms with E-state index in [0.29, 0.717) is 10.8 Å². The summed E-state index contributed by atoms with van der Waals surface area (Å²) >= 11 is 1.31. The molecule has 8 heteroatoms. The molecular formula is C12H14N4O3S. The Labute approximate surface area is 120 Å². The standard InChI is InChI=1S/C12H14N4O3S/c13-9-10-1-2-14-12(11(10)16(17)18)20-8-5-15-3-6-19-7-4-15/h1-2H,3-8H2. The molecule has 0 N–H and O–H groups in total. The summed E-state index contributed by atoms with van der Waals surface area (Å²) in [5, 5.41) is 20.3. The van der Waals surface area contributed by atoms with Gasteiger partial charge in [-0.05, 0) is 6.07 Å². The van der Waals surface area contributed by atoms with Gasteiger partial charge in [-0.25, -0.2) is 4.98 Å². The molecule has 0 amide bonds. The maximum absolute atomic E-state index is 11.0. The Morgan fingerprint density at radius 3 is 2.95 bits per heavy atom. The molecule has 0 aromatic carbocycles. The Morgan fingerprint density at radius 1 is 1.55 bits per heavy atom. The number of pyridine rings is 1. The molecule has 0 saturated carbocycles. The van der Waals surface area contributed by atoms with Gasteiger partial charge < -0.3 is 4.74 Å². The van der Waals surface area contributed by atoms with Crippen molar-refractivity contribution in [3.05, 3.63) is 27.9 Å². The number of hydrogen-bond acceptors (Lipinski definition) is 7. The zero-order chi connectivity index (χ0) is 14.4. The highest BCUT2D eigenvalue weighted by Crippen LogP contribution is 2.29. The first-order valence-corrected chi connectivity index (χ1v) is 7.17. The Balaban J connectivity index is 1.98. The van der Waals surface area contributed by atoms with Crippen molar-refractivity contribution in [1.82, 2.24) is 9.88 Å². The van der Waals surface area contributed by atoms with Gasteiger partial charge >= 0.3 is 5.69 Å². The van der Waals surface area contributed by atoms with Crippen molar-refractivity contribution in [2.24, 2.45) is 0 Å². The summed E-state index contributed by atoms with van der Waals surface area (Å²) in [4.78, 5) is 16.8. The number of nitrogens with zero attached hydrogens (tertiary/aromatic N) is 4. The van der Waals surface area contributed by atoms with Gasteiger partial charge in [0.25, 0.3) is 0 Å². The second-order valence-electron chi connectivity index (χ2n) is 4.18. The second kappa shape index (κ2) is 7.19. The van der Waals surface area contributed by atoms with Gasteiger partial charge in [-0.2, -0.15) is 5.26 Å². The van der Waals surface area contributed by atoms with Crippen LogP contribution in [0.2, 0.25) is 0 Å². The minimum atomic E-state index is -0.539. The van der Waals surface area contributed by atoms with E-state index in [0.717, 1.165) is 32.8 Å². The van der Waals surface area contributed by atoms with Crippen molar-refractivity contribution in [3.63, 3.8) is 0 Å². The number of rotatable bonds is 5. The molecule has 0 radical (unpaired) electrons. The van der Waals surface area contributed by atoms with Crippen molar-refractivity contribution in [2.45, 2.75) is 5.03 Å². The Hall–Kier alpha value is -1.69. The van der Waals surface area contributed by atoms with Crippen LogP contribution in [0.1, 0.15) is 5.56 Å². The lowest BCUT2D eigenvalue weighted by molar-refractivity contribution is -0.388. The predicted molar refractivity (Wildman–Crippen MR) is 73.6 cm³/mol. The van der Waals surface area contributed by atoms with E-state index in [9.17, 15) is 10.1 Å². The molecule has 1 aliphatic rings. The number of aromatic nitrogens is 1. The summed E-state index contributed by atoms with van der Waals surface area (Å²) in [5.41, 5.74) is -0.138. The van der Waals surface area contributed by atoms with E-state index in [-0.39, 0.29) is 11.3 Å². The molecule has 106 valence electrons. The van der Waals surface area contributed by atoms with Crippen molar-refractivity contribution >= 4 is 17.4 Å². The molecule has 0 spiro atoms. The quantitative estimate of drug-likeness (QED) is 0.459. The zero-order valence-electron chi connectivity index (χ0n) is 10.8. The fourth-order valence-corrected chi connectivity index (χ4v) is 2.90. The topological polar surface area (TPSA) is 92.3 Å². The first-order chi connectivity index (χ1) is 9.72. The normalized spacial score (nSPS) is 15.8. The van der Waals surface area contributed by atoms with Gasteiger partial charge in [-0.15, -0.1) is 0 Å². The van der Waals surface area contributed by atoms with Crippen LogP contribution in [0.15, 0.2) is 17.3 Å². The van der Waals surface area contributed by atoms with E-state index in [1.807, 2.05) is 6.07 Å². The number of ether oxygens (including phenoxy) is 1. The summed E-state index contributed by atoms with van der Waals surface area (Å²) in [6.07, 6.45) is 1.43. The largest absolute Gasteiger partial charge is 0.379 e. The highest BCUT2D eigenvalue weighted by Gasteiger charge is 2.21. The van der Waals surface area contributed by atoms with E-state index in [1.54, 1.807) is 0 Å². The van der Waals surface area contributed by atoms with Crippen LogP contribution in [0.5, 0.6) is 0 Å². The molecule has 0 aliphatic carbocycles. The lowest BCUT2D eigenvalue weighted by Gasteiger charge is -2.26. The van der Waals surface area contributed by atoms with Crippen LogP contribution >= 0.6 is 11.8 Å². The first kappa shape index (κ1) is 14.7. The molecule has 1 aromatic heterocycles. The van der Waals surface area contributed by atoms with Crippen LogP contribution in [0.4, 0.5) is 5.69 Å². The van der Waals surface area contributed by atoms with Crippen LogP contribution in [0.25, 0.3) is 0 Å². The Bertz CT molecular complexity index is 526. The lowest BCUT2D eigenvalue weighted by Crippen LogP contribution is -2.37. The Morgan fingerprint density at radius 2 is 2.30 bits per heavy atom. The van der Waals surface area contributed by atoms with E-state index in [4.69, 9.17) is 10.00 Å². The van der Waals surface area contributed by atoms with Crippen LogP contribution in [0.3, 0.4) is 0 Å². The average molecular weight is 294 g/mol. The summed E-state index contributed by atoms with van der Waals surface area (Å²) in [6, 6.07) is 3.20. The summed E-state index contributed by atoms with van der Waals surface area (Å²) in [5.74, 6) is 0.697. The Kier molecular flexibility index (Phi) is 5.29. The van der Waals surface area contributed by atoms with Gasteiger partial charge in [0.2, 0.25) is 0 Å². The molecule has 1 fully saturated rings. The van der Waals surface area contributed by atoms with Gasteiger partial charge in [0, 0.05) is 31.6 Å². The summed E-state index contributed by atoms with van der Waals surface area (Å²) < 4.78 is 5.26. The smallest absolute Gasteiger partial charge is 0.318 e. The van der Waals surface area contributed by atoms with Gasteiger partial charge in [0.15, 0.2) is 5.03 Å². The monoisotopic (exact) mass is 294 g/mol. The molecule has 0 bridgehead atoms. The van der Waals surface area contributed by atoms with E-state index in [2.05, 4.69) is 9.88 Å². The molecule has 20 heavy (non-hydrogen) atoms. The van der Waals surface area contributed by atoms with Crippen molar-refractivity contribution < 1.29 is 9.66 Å². The van der Waals surface area contributed by atoms with Crippen LogP contribution in [-0.4, -0.2) is 53.4 Å². The summed E-state index contributed by atoms with van der Waals surface area (Å²) in [6.45, 7) is 4.05. The minimum Gasteiger partial charge on any atom is -0.379 e. The number of nitro groups is 1.